The molecular formula is C53H34N2OS. The number of aromatic nitrogens is 1. The minimum absolute atomic E-state index is 0.632. The zero-order valence-corrected chi connectivity index (χ0v) is 31.7. The first kappa shape index (κ1) is 33.1. The molecule has 4 heteroatoms. The maximum Gasteiger partial charge on any atom is 0.227 e. The monoisotopic (exact) mass is 746 g/mol. The molecule has 0 radical (unpaired) electrons. The van der Waals surface area contributed by atoms with Crippen LogP contribution in [0.4, 0.5) is 17.1 Å². The Kier molecular flexibility index (Phi) is 8.01. The molecule has 0 bridgehead atoms. The molecule has 0 aliphatic carbocycles. The first-order valence-corrected chi connectivity index (χ1v) is 20.0. The van der Waals surface area contributed by atoms with Gasteiger partial charge < -0.3 is 9.32 Å². The Morgan fingerprint density at radius 2 is 1.07 bits per heavy atom. The Bertz CT molecular complexity index is 3220. The van der Waals surface area contributed by atoms with Gasteiger partial charge in [0.2, 0.25) is 5.89 Å². The van der Waals surface area contributed by atoms with E-state index in [0.717, 1.165) is 43.8 Å². The smallest absolute Gasteiger partial charge is 0.227 e. The molecule has 0 saturated heterocycles. The van der Waals surface area contributed by atoms with Crippen molar-refractivity contribution in [1.82, 2.24) is 4.98 Å². The van der Waals surface area contributed by atoms with E-state index in [1.807, 2.05) is 30.3 Å². The molecular weight excluding hydrogens is 713 g/mol. The lowest BCUT2D eigenvalue weighted by molar-refractivity contribution is 0.620. The van der Waals surface area contributed by atoms with Crippen LogP contribution in [0.3, 0.4) is 0 Å². The highest BCUT2D eigenvalue weighted by molar-refractivity contribution is 7.26. The van der Waals surface area contributed by atoms with Crippen molar-refractivity contribution in [2.75, 3.05) is 4.90 Å². The molecule has 0 unspecified atom stereocenters. The van der Waals surface area contributed by atoms with E-state index >= 15 is 0 Å². The quantitative estimate of drug-likeness (QED) is 0.163. The summed E-state index contributed by atoms with van der Waals surface area (Å²) in [5.74, 6) is 0.632. The normalized spacial score (nSPS) is 11.5. The van der Waals surface area contributed by atoms with Gasteiger partial charge in [-0.15, -0.1) is 11.3 Å². The highest BCUT2D eigenvalue weighted by atomic mass is 32.1. The van der Waals surface area contributed by atoms with Crippen molar-refractivity contribution in [1.29, 1.82) is 0 Å². The third-order valence-corrected chi connectivity index (χ3v) is 12.0. The first-order chi connectivity index (χ1) is 28.2. The molecule has 0 fully saturated rings. The second-order valence-corrected chi connectivity index (χ2v) is 15.4. The number of fused-ring (bicyclic) bond motifs is 5. The summed E-state index contributed by atoms with van der Waals surface area (Å²) < 4.78 is 8.71. The van der Waals surface area contributed by atoms with Gasteiger partial charge in [0.05, 0.1) is 5.69 Å². The van der Waals surface area contributed by atoms with Crippen LogP contribution in [0, 0.1) is 0 Å². The Balaban J connectivity index is 1.13. The number of rotatable bonds is 7. The van der Waals surface area contributed by atoms with E-state index in [9.17, 15) is 0 Å². The van der Waals surface area contributed by atoms with Crippen LogP contribution in [0.2, 0.25) is 0 Å². The molecule has 0 atom stereocenters. The van der Waals surface area contributed by atoms with Crippen LogP contribution in [0.25, 0.3) is 86.9 Å². The molecule has 3 nitrogen and oxygen atoms in total. The van der Waals surface area contributed by atoms with Crippen LogP contribution in [0.5, 0.6) is 0 Å². The number of thiophene rings is 1. The fourth-order valence-corrected chi connectivity index (χ4v) is 9.25. The van der Waals surface area contributed by atoms with Gasteiger partial charge in [0, 0.05) is 43.2 Å². The van der Waals surface area contributed by atoms with Crippen LogP contribution in [-0.2, 0) is 0 Å². The Hall–Kier alpha value is -7.27. The lowest BCUT2D eigenvalue weighted by Crippen LogP contribution is -2.10. The maximum atomic E-state index is 6.33. The standard InChI is InChI=1S/C53H34N2OS/c1-4-13-35(14-5-1)37-25-27-42(28-26-37)55(43-29-30-44(45(32-43)38-16-6-2-7-17-38)41-24-23-36-15-10-11-20-40(36)31-41)48-21-12-22-50-52(48)46-33-47-49(34-51(46)57-50)56-53(54-47)39-18-8-3-9-19-39/h1-34H. The summed E-state index contributed by atoms with van der Waals surface area (Å²) in [4.78, 5) is 7.39. The molecule has 2 aromatic heterocycles. The van der Waals surface area contributed by atoms with Crippen LogP contribution in [0.1, 0.15) is 0 Å². The summed E-state index contributed by atoms with van der Waals surface area (Å²) in [5.41, 5.74) is 13.0. The third kappa shape index (κ3) is 5.95. The zero-order chi connectivity index (χ0) is 37.7. The highest BCUT2D eigenvalue weighted by Crippen LogP contribution is 2.48. The van der Waals surface area contributed by atoms with E-state index in [1.54, 1.807) is 11.3 Å². The lowest BCUT2D eigenvalue weighted by atomic mass is 9.92. The second-order valence-electron chi connectivity index (χ2n) is 14.4. The van der Waals surface area contributed by atoms with E-state index in [0.29, 0.717) is 5.89 Å². The van der Waals surface area contributed by atoms with E-state index < -0.39 is 0 Å². The summed E-state index contributed by atoms with van der Waals surface area (Å²) in [5, 5.41) is 4.81. The fourth-order valence-electron chi connectivity index (χ4n) is 8.12. The number of anilines is 3. The van der Waals surface area contributed by atoms with Gasteiger partial charge in [0.1, 0.15) is 5.52 Å². The van der Waals surface area contributed by atoms with Gasteiger partial charge in [-0.05, 0) is 105 Å². The van der Waals surface area contributed by atoms with Crippen LogP contribution in [-0.4, -0.2) is 4.98 Å². The summed E-state index contributed by atoms with van der Waals surface area (Å²) in [6.45, 7) is 0. The Morgan fingerprint density at radius 3 is 1.84 bits per heavy atom. The van der Waals surface area contributed by atoms with Crippen LogP contribution >= 0.6 is 11.3 Å². The minimum atomic E-state index is 0.632. The molecule has 0 N–H and O–H groups in total. The summed E-state index contributed by atoms with van der Waals surface area (Å²) in [7, 11) is 0. The SMILES string of the molecule is c1ccc(-c2ccc(N(c3ccc(-c4ccc5ccccc5c4)c(-c4ccccc4)c3)c3cccc4sc5cc6oc(-c7ccccc7)nc6cc5c34)cc2)cc1. The van der Waals surface area contributed by atoms with Gasteiger partial charge in [-0.3, -0.25) is 0 Å². The largest absolute Gasteiger partial charge is 0.436 e. The van der Waals surface area contributed by atoms with Crippen molar-refractivity contribution in [2.45, 2.75) is 0 Å². The Morgan fingerprint density at radius 1 is 0.421 bits per heavy atom. The van der Waals surface area contributed by atoms with Crippen molar-refractivity contribution < 1.29 is 4.42 Å². The average molecular weight is 747 g/mol. The number of nitrogens with zero attached hydrogens (tertiary/aromatic N) is 2. The predicted octanol–water partition coefficient (Wildman–Crippen LogP) is 15.5. The van der Waals surface area contributed by atoms with Crippen molar-refractivity contribution in [3.05, 3.63) is 206 Å². The van der Waals surface area contributed by atoms with E-state index in [-0.39, 0.29) is 0 Å². The summed E-state index contributed by atoms with van der Waals surface area (Å²) in [6.07, 6.45) is 0. The Labute approximate surface area is 334 Å². The molecule has 0 aliphatic heterocycles. The van der Waals surface area contributed by atoms with Crippen LogP contribution < -0.4 is 4.90 Å². The van der Waals surface area contributed by atoms with Gasteiger partial charge in [-0.2, -0.15) is 0 Å². The van der Waals surface area contributed by atoms with Gasteiger partial charge in [-0.1, -0.05) is 140 Å². The molecule has 0 spiro atoms. The molecule has 57 heavy (non-hydrogen) atoms. The van der Waals surface area contributed by atoms with E-state index in [2.05, 4.69) is 181 Å². The van der Waals surface area contributed by atoms with E-state index in [4.69, 9.17) is 9.40 Å². The molecule has 11 aromatic rings. The summed E-state index contributed by atoms with van der Waals surface area (Å²) >= 11 is 1.79. The molecule has 2 heterocycles. The highest BCUT2D eigenvalue weighted by Gasteiger charge is 2.22. The van der Waals surface area contributed by atoms with Crippen molar-refractivity contribution >= 4 is 70.4 Å². The molecule has 268 valence electrons. The molecule has 0 aliphatic rings. The van der Waals surface area contributed by atoms with Gasteiger partial charge in [0.25, 0.3) is 0 Å². The van der Waals surface area contributed by atoms with Crippen LogP contribution in [0.15, 0.2) is 211 Å². The molecule has 11 rings (SSSR count). The fraction of sp³-hybridized carbons (Fsp3) is 0. The topological polar surface area (TPSA) is 29.3 Å². The zero-order valence-electron chi connectivity index (χ0n) is 30.8. The van der Waals surface area contributed by atoms with Gasteiger partial charge in [0.15, 0.2) is 5.58 Å². The molecule has 0 amide bonds. The predicted molar refractivity (Wildman–Crippen MR) is 241 cm³/mol. The van der Waals surface area contributed by atoms with Crippen molar-refractivity contribution in [3.63, 3.8) is 0 Å². The lowest BCUT2D eigenvalue weighted by Gasteiger charge is -2.28. The minimum Gasteiger partial charge on any atom is -0.436 e. The number of benzene rings is 9. The number of hydrogen-bond donors (Lipinski definition) is 0. The maximum absolute atomic E-state index is 6.33. The average Bonchev–Trinajstić information content (AvgIpc) is 3.87. The van der Waals surface area contributed by atoms with Gasteiger partial charge in [-0.25, -0.2) is 4.98 Å². The number of oxazole rings is 1. The molecule has 9 aromatic carbocycles. The second kappa shape index (κ2) is 13.8. The first-order valence-electron chi connectivity index (χ1n) is 19.2. The van der Waals surface area contributed by atoms with E-state index in [1.165, 1.54) is 54.2 Å². The summed E-state index contributed by atoms with van der Waals surface area (Å²) in [6, 6.07) is 73.7. The van der Waals surface area contributed by atoms with Crippen molar-refractivity contribution in [3.8, 4) is 44.8 Å². The van der Waals surface area contributed by atoms with Crippen molar-refractivity contribution in [2.24, 2.45) is 0 Å². The molecule has 0 saturated carbocycles. The van der Waals surface area contributed by atoms with Gasteiger partial charge >= 0.3 is 0 Å². The number of hydrogen-bond acceptors (Lipinski definition) is 4. The third-order valence-electron chi connectivity index (χ3n) is 10.9.